The van der Waals surface area contributed by atoms with Crippen LogP contribution in [0.1, 0.15) is 18.1 Å². The fourth-order valence-corrected chi connectivity index (χ4v) is 3.94. The van der Waals surface area contributed by atoms with Gasteiger partial charge in [0.1, 0.15) is 10.8 Å². The summed E-state index contributed by atoms with van der Waals surface area (Å²) in [5.74, 6) is -1.20. The van der Waals surface area contributed by atoms with E-state index < -0.39 is 17.4 Å². The molecule has 34 heavy (non-hydrogen) atoms. The predicted molar refractivity (Wildman–Crippen MR) is 129 cm³/mol. The van der Waals surface area contributed by atoms with Gasteiger partial charge in [-0.05, 0) is 36.4 Å². The summed E-state index contributed by atoms with van der Waals surface area (Å²) in [6, 6.07) is 9.10. The van der Waals surface area contributed by atoms with Crippen LogP contribution < -0.4 is 15.5 Å². The fourth-order valence-electron chi connectivity index (χ4n) is 3.80. The molecule has 0 amide bonds. The van der Waals surface area contributed by atoms with Crippen molar-refractivity contribution >= 4 is 29.1 Å². The summed E-state index contributed by atoms with van der Waals surface area (Å²) in [6.45, 7) is 7.75. The molecule has 0 bridgehead atoms. The van der Waals surface area contributed by atoms with Crippen LogP contribution in [0.25, 0.3) is 0 Å². The van der Waals surface area contributed by atoms with E-state index in [0.29, 0.717) is 6.54 Å². The van der Waals surface area contributed by atoms with E-state index in [-0.39, 0.29) is 16.8 Å². The summed E-state index contributed by atoms with van der Waals surface area (Å²) in [5, 5.41) is 4.84. The van der Waals surface area contributed by atoms with Crippen LogP contribution in [0.2, 0.25) is 5.02 Å². The molecule has 0 saturated carbocycles. The molecule has 1 aliphatic heterocycles. The molecule has 1 aromatic heterocycles. The highest BCUT2D eigenvalue weighted by Gasteiger charge is 2.35. The third-order valence-electron chi connectivity index (χ3n) is 5.80. The van der Waals surface area contributed by atoms with E-state index in [1.807, 2.05) is 17.4 Å². The summed E-state index contributed by atoms with van der Waals surface area (Å²) in [5.41, 5.74) is 1.36. The molecule has 1 saturated heterocycles. The van der Waals surface area contributed by atoms with Gasteiger partial charge in [-0.1, -0.05) is 42.8 Å². The number of alkyl halides is 2. The Hall–Kier alpha value is -3.04. The van der Waals surface area contributed by atoms with Gasteiger partial charge >= 0.3 is 6.05 Å². The molecule has 0 spiro atoms. The first kappa shape index (κ1) is 24.1. The minimum absolute atomic E-state index is 0.103. The van der Waals surface area contributed by atoms with E-state index in [4.69, 9.17) is 11.6 Å². The van der Waals surface area contributed by atoms with Crippen molar-refractivity contribution in [2.75, 3.05) is 48.3 Å². The summed E-state index contributed by atoms with van der Waals surface area (Å²) < 4.78 is 43.1. The smallest absolute Gasteiger partial charge is 0.354 e. The third-order valence-corrected chi connectivity index (χ3v) is 6.08. The average Bonchev–Trinajstić information content (AvgIpc) is 2.85. The van der Waals surface area contributed by atoms with Crippen LogP contribution in [0.3, 0.4) is 0 Å². The number of hydrogen-bond acceptors (Lipinski definition) is 6. The van der Waals surface area contributed by atoms with Crippen molar-refractivity contribution < 1.29 is 13.2 Å². The van der Waals surface area contributed by atoms with E-state index in [1.165, 1.54) is 24.0 Å². The zero-order valence-corrected chi connectivity index (χ0v) is 19.5. The van der Waals surface area contributed by atoms with Crippen molar-refractivity contribution in [1.82, 2.24) is 14.9 Å². The summed E-state index contributed by atoms with van der Waals surface area (Å²) >= 11 is 6.01. The van der Waals surface area contributed by atoms with Crippen molar-refractivity contribution in [3.8, 4) is 0 Å². The molecule has 1 aliphatic rings. The van der Waals surface area contributed by atoms with Crippen LogP contribution in [0.5, 0.6) is 0 Å². The quantitative estimate of drug-likeness (QED) is 0.424. The van der Waals surface area contributed by atoms with Crippen molar-refractivity contribution in [3.63, 3.8) is 0 Å². The topological polar surface area (TPSA) is 56.3 Å². The highest BCUT2D eigenvalue weighted by molar-refractivity contribution is 6.32. The number of piperazine rings is 1. The van der Waals surface area contributed by atoms with Crippen molar-refractivity contribution in [1.29, 1.82) is 0 Å². The number of anilines is 3. The van der Waals surface area contributed by atoms with Gasteiger partial charge in [-0.3, -0.25) is 0 Å². The molecule has 0 atom stereocenters. The largest absolute Gasteiger partial charge is 0.369 e. The molecule has 0 aliphatic carbocycles. The molecular formula is C24H26ClF3N6. The number of likely N-dealkylation sites (N-methyl/N-ethyl adjacent to an activating group) is 1. The molecule has 2 aromatic carbocycles. The highest BCUT2D eigenvalue weighted by Crippen LogP contribution is 2.33. The van der Waals surface area contributed by atoms with Crippen LogP contribution in [0, 0.1) is 5.82 Å². The first-order valence-electron chi connectivity index (χ1n) is 11.1. The van der Waals surface area contributed by atoms with Crippen LogP contribution in [0.4, 0.5) is 30.6 Å². The maximum absolute atomic E-state index is 14.6. The molecule has 2 N–H and O–H groups in total. The molecule has 4 rings (SSSR count). The normalized spacial score (nSPS) is 14.8. The van der Waals surface area contributed by atoms with Gasteiger partial charge in [0.05, 0.1) is 11.8 Å². The second kappa shape index (κ2) is 10.5. The zero-order valence-electron chi connectivity index (χ0n) is 18.7. The van der Waals surface area contributed by atoms with Gasteiger partial charge < -0.3 is 20.4 Å². The standard InChI is InChI=1S/C24H26ClF3N6/c1-2-33-11-13-34(14-12-33)18-9-7-17(8-10-18)15-29-23-30-16-20(25)22(31-23)32-24(27,28)19-5-3-4-6-21(19)26/h3-10,16H,2,11-15H2,1H3,(H2,29,30,31,32). The van der Waals surface area contributed by atoms with E-state index >= 15 is 0 Å². The van der Waals surface area contributed by atoms with Gasteiger partial charge in [-0.15, -0.1) is 0 Å². The number of aromatic nitrogens is 2. The maximum Gasteiger partial charge on any atom is 0.354 e. The molecule has 1 fully saturated rings. The fraction of sp³-hybridized carbons (Fsp3) is 0.333. The van der Waals surface area contributed by atoms with Gasteiger partial charge in [0, 0.05) is 38.4 Å². The van der Waals surface area contributed by atoms with E-state index in [2.05, 4.69) is 44.1 Å². The monoisotopic (exact) mass is 490 g/mol. The number of nitrogens with one attached hydrogen (secondary N) is 2. The Labute approximate surface area is 201 Å². The number of nitrogens with zero attached hydrogens (tertiary/aromatic N) is 4. The Balaban J connectivity index is 1.38. The minimum atomic E-state index is -3.71. The second-order valence-electron chi connectivity index (χ2n) is 8.01. The van der Waals surface area contributed by atoms with Crippen molar-refractivity contribution in [2.45, 2.75) is 19.5 Å². The summed E-state index contributed by atoms with van der Waals surface area (Å²) in [7, 11) is 0. The van der Waals surface area contributed by atoms with Crippen molar-refractivity contribution in [3.05, 3.63) is 76.7 Å². The molecule has 0 radical (unpaired) electrons. The summed E-state index contributed by atoms with van der Waals surface area (Å²) in [4.78, 5) is 12.9. The van der Waals surface area contributed by atoms with E-state index in [9.17, 15) is 13.2 Å². The number of halogens is 4. The number of benzene rings is 2. The average molecular weight is 491 g/mol. The Morgan fingerprint density at radius 3 is 2.41 bits per heavy atom. The van der Waals surface area contributed by atoms with Crippen LogP contribution >= 0.6 is 11.6 Å². The Bertz CT molecular complexity index is 1100. The number of rotatable bonds is 8. The molecular weight excluding hydrogens is 465 g/mol. The first-order valence-corrected chi connectivity index (χ1v) is 11.5. The minimum Gasteiger partial charge on any atom is -0.369 e. The van der Waals surface area contributed by atoms with Gasteiger partial charge in [-0.25, -0.2) is 9.37 Å². The lowest BCUT2D eigenvalue weighted by Crippen LogP contribution is -2.46. The third kappa shape index (κ3) is 5.71. The van der Waals surface area contributed by atoms with Crippen LogP contribution in [0.15, 0.2) is 54.7 Å². The van der Waals surface area contributed by atoms with Crippen LogP contribution in [-0.2, 0) is 12.6 Å². The molecule has 10 heteroatoms. The Morgan fingerprint density at radius 2 is 1.74 bits per heavy atom. The van der Waals surface area contributed by atoms with Crippen molar-refractivity contribution in [2.24, 2.45) is 0 Å². The number of hydrogen-bond donors (Lipinski definition) is 2. The van der Waals surface area contributed by atoms with E-state index in [0.717, 1.165) is 50.4 Å². The highest BCUT2D eigenvalue weighted by atomic mass is 35.5. The predicted octanol–water partition coefficient (Wildman–Crippen LogP) is 5.18. The Morgan fingerprint density at radius 1 is 1.03 bits per heavy atom. The Kier molecular flexibility index (Phi) is 7.43. The molecule has 180 valence electrons. The van der Waals surface area contributed by atoms with Crippen LogP contribution in [-0.4, -0.2) is 47.6 Å². The van der Waals surface area contributed by atoms with E-state index in [1.54, 1.807) is 0 Å². The second-order valence-corrected chi connectivity index (χ2v) is 8.42. The van der Waals surface area contributed by atoms with Gasteiger partial charge in [0.25, 0.3) is 0 Å². The first-order chi connectivity index (χ1) is 16.4. The maximum atomic E-state index is 14.6. The lowest BCUT2D eigenvalue weighted by molar-refractivity contribution is 0.0242. The lowest BCUT2D eigenvalue weighted by Gasteiger charge is -2.35. The summed E-state index contributed by atoms with van der Waals surface area (Å²) in [6.07, 6.45) is 1.22. The SMILES string of the molecule is CCN1CCN(c2ccc(CNc3ncc(Cl)c(NC(F)(F)c4ccccc4F)n3)cc2)CC1. The van der Waals surface area contributed by atoms with Gasteiger partial charge in [0.15, 0.2) is 5.82 Å². The molecule has 0 unspecified atom stereocenters. The molecule has 2 heterocycles. The van der Waals surface area contributed by atoms with Gasteiger partial charge in [0.2, 0.25) is 5.95 Å². The molecule has 6 nitrogen and oxygen atoms in total. The lowest BCUT2D eigenvalue weighted by atomic mass is 10.1. The molecule has 3 aromatic rings. The van der Waals surface area contributed by atoms with Gasteiger partial charge in [-0.2, -0.15) is 13.8 Å². The zero-order chi connectivity index (χ0) is 24.1.